The predicted octanol–water partition coefficient (Wildman–Crippen LogP) is 1.23. The van der Waals surface area contributed by atoms with Crippen molar-refractivity contribution in [1.29, 1.82) is 0 Å². The van der Waals surface area contributed by atoms with Gasteiger partial charge in [0.25, 0.3) is 23.6 Å². The van der Waals surface area contributed by atoms with Gasteiger partial charge in [-0.2, -0.15) is 0 Å². The molecule has 6 nitrogen and oxygen atoms in total. The highest BCUT2D eigenvalue weighted by atomic mass is 16.2. The topological polar surface area (TPSA) is 92.3 Å². The van der Waals surface area contributed by atoms with Crippen LogP contribution in [0.5, 0.6) is 0 Å². The van der Waals surface area contributed by atoms with Gasteiger partial charge in [-0.25, -0.2) is 0 Å². The number of amides is 4. The molecule has 2 aliphatic heterocycles. The van der Waals surface area contributed by atoms with Crippen LogP contribution in [0.25, 0.3) is 0 Å². The van der Waals surface area contributed by atoms with E-state index in [1.54, 1.807) is 0 Å². The Hall–Kier alpha value is -2.24. The van der Waals surface area contributed by atoms with Gasteiger partial charge in [0, 0.05) is 28.7 Å². The number of hydrogen-bond acceptors (Lipinski definition) is 4. The molecule has 0 aromatic carbocycles. The summed E-state index contributed by atoms with van der Waals surface area (Å²) in [5, 5.41) is 4.60. The quantitative estimate of drug-likeness (QED) is 0.761. The maximum atomic E-state index is 12.2. The lowest BCUT2D eigenvalue weighted by Gasteiger charge is -2.46. The Morgan fingerprint density at radius 2 is 1.67 bits per heavy atom. The second kappa shape index (κ2) is 5.69. The molecule has 6 heteroatoms. The van der Waals surface area contributed by atoms with E-state index in [0.717, 1.165) is 12.8 Å². The molecule has 0 saturated heterocycles. The average molecular weight is 330 g/mol. The second-order valence-corrected chi connectivity index (χ2v) is 7.54. The van der Waals surface area contributed by atoms with E-state index in [0.29, 0.717) is 29.4 Å². The Labute approximate surface area is 140 Å². The molecule has 4 amide bonds. The molecule has 24 heavy (non-hydrogen) atoms. The van der Waals surface area contributed by atoms with Gasteiger partial charge in [-0.15, -0.1) is 0 Å². The van der Waals surface area contributed by atoms with Crippen LogP contribution in [-0.2, 0) is 19.2 Å². The molecule has 0 aromatic rings. The molecule has 0 spiro atoms. The standard InChI is InChI=1S/C18H22N2O4/c1-9(2)10-4-5-18(3,13-8-15(22)20-17(13)24)12(6-10)11-7-14(21)19-16(11)23/h7-10,12H,4-6H2,1-3H3,(H,19,21,23)(H,20,22,24). The second-order valence-electron chi connectivity index (χ2n) is 7.54. The Balaban J connectivity index is 2.03. The van der Waals surface area contributed by atoms with Crippen molar-refractivity contribution in [3.8, 4) is 0 Å². The van der Waals surface area contributed by atoms with Crippen molar-refractivity contribution in [3.05, 3.63) is 23.3 Å². The molecule has 3 aliphatic rings. The van der Waals surface area contributed by atoms with Gasteiger partial charge in [0.1, 0.15) is 0 Å². The maximum Gasteiger partial charge on any atom is 0.254 e. The summed E-state index contributed by atoms with van der Waals surface area (Å²) in [6, 6.07) is 0. The van der Waals surface area contributed by atoms with Crippen molar-refractivity contribution in [2.24, 2.45) is 23.2 Å². The third-order valence-corrected chi connectivity index (χ3v) is 5.82. The summed E-state index contributed by atoms with van der Waals surface area (Å²) < 4.78 is 0. The fourth-order valence-corrected chi connectivity index (χ4v) is 4.26. The molecule has 0 bridgehead atoms. The lowest BCUT2D eigenvalue weighted by Crippen LogP contribution is -2.42. The minimum atomic E-state index is -0.630. The van der Waals surface area contributed by atoms with E-state index < -0.39 is 17.2 Å². The highest BCUT2D eigenvalue weighted by Crippen LogP contribution is 2.53. The lowest BCUT2D eigenvalue weighted by molar-refractivity contribution is -0.126. The van der Waals surface area contributed by atoms with Crippen molar-refractivity contribution in [3.63, 3.8) is 0 Å². The molecule has 0 aromatic heterocycles. The molecule has 2 heterocycles. The van der Waals surface area contributed by atoms with Gasteiger partial charge in [-0.1, -0.05) is 20.8 Å². The van der Waals surface area contributed by atoms with Gasteiger partial charge >= 0.3 is 0 Å². The maximum absolute atomic E-state index is 12.2. The van der Waals surface area contributed by atoms with Crippen molar-refractivity contribution < 1.29 is 19.2 Å². The fourth-order valence-electron chi connectivity index (χ4n) is 4.26. The SMILES string of the molecule is CC(C)C1CCC(C)(C2=CC(=O)NC2=O)C(C2=CC(=O)NC2=O)C1. The number of carbonyl (C=O) groups excluding carboxylic acids is 4. The van der Waals surface area contributed by atoms with E-state index in [4.69, 9.17) is 0 Å². The first kappa shape index (κ1) is 16.6. The highest BCUT2D eigenvalue weighted by Gasteiger charge is 2.50. The zero-order chi connectivity index (χ0) is 17.6. The number of rotatable bonds is 3. The van der Waals surface area contributed by atoms with Gasteiger partial charge in [0.05, 0.1) is 0 Å². The average Bonchev–Trinajstić information content (AvgIpc) is 3.00. The minimum absolute atomic E-state index is 0.256. The van der Waals surface area contributed by atoms with E-state index >= 15 is 0 Å². The van der Waals surface area contributed by atoms with E-state index in [9.17, 15) is 19.2 Å². The van der Waals surface area contributed by atoms with Gasteiger partial charge < -0.3 is 0 Å². The smallest absolute Gasteiger partial charge is 0.254 e. The van der Waals surface area contributed by atoms with Crippen LogP contribution in [0.15, 0.2) is 23.3 Å². The molecule has 1 aliphatic carbocycles. The summed E-state index contributed by atoms with van der Waals surface area (Å²) >= 11 is 0. The van der Waals surface area contributed by atoms with Crippen molar-refractivity contribution >= 4 is 23.6 Å². The zero-order valence-corrected chi connectivity index (χ0v) is 14.1. The number of nitrogens with one attached hydrogen (secondary N) is 2. The molecule has 0 radical (unpaired) electrons. The summed E-state index contributed by atoms with van der Waals surface area (Å²) in [7, 11) is 0. The largest absolute Gasteiger partial charge is 0.289 e. The third kappa shape index (κ3) is 2.60. The minimum Gasteiger partial charge on any atom is -0.289 e. The van der Waals surface area contributed by atoms with Crippen LogP contribution in [0.2, 0.25) is 0 Å². The summed E-state index contributed by atoms with van der Waals surface area (Å²) in [6.07, 6.45) is 5.04. The fraction of sp³-hybridized carbons (Fsp3) is 0.556. The Bertz CT molecular complexity index is 704. The van der Waals surface area contributed by atoms with Crippen LogP contribution < -0.4 is 10.6 Å². The van der Waals surface area contributed by atoms with Crippen LogP contribution in [0.3, 0.4) is 0 Å². The zero-order valence-electron chi connectivity index (χ0n) is 14.1. The van der Waals surface area contributed by atoms with Gasteiger partial charge in [-0.3, -0.25) is 29.8 Å². The van der Waals surface area contributed by atoms with Gasteiger partial charge in [-0.05, 0) is 37.0 Å². The molecule has 2 N–H and O–H groups in total. The Kier molecular flexibility index (Phi) is 3.94. The van der Waals surface area contributed by atoms with Crippen LogP contribution in [0.1, 0.15) is 40.0 Å². The van der Waals surface area contributed by atoms with E-state index in [2.05, 4.69) is 24.5 Å². The first-order chi connectivity index (χ1) is 11.2. The van der Waals surface area contributed by atoms with E-state index in [-0.39, 0.29) is 17.7 Å². The molecule has 3 unspecified atom stereocenters. The van der Waals surface area contributed by atoms with Crippen molar-refractivity contribution in [2.75, 3.05) is 0 Å². The first-order valence-corrected chi connectivity index (χ1v) is 8.36. The monoisotopic (exact) mass is 330 g/mol. The van der Waals surface area contributed by atoms with Crippen LogP contribution in [0.4, 0.5) is 0 Å². The predicted molar refractivity (Wildman–Crippen MR) is 86.2 cm³/mol. The van der Waals surface area contributed by atoms with Crippen LogP contribution in [-0.4, -0.2) is 23.6 Å². The van der Waals surface area contributed by atoms with E-state index in [1.165, 1.54) is 12.2 Å². The lowest BCUT2D eigenvalue weighted by atomic mass is 9.57. The Morgan fingerprint density at radius 3 is 2.17 bits per heavy atom. The van der Waals surface area contributed by atoms with Gasteiger partial charge in [0.2, 0.25) is 0 Å². The highest BCUT2D eigenvalue weighted by molar-refractivity contribution is 6.18. The summed E-state index contributed by atoms with van der Waals surface area (Å²) in [5.74, 6) is -0.995. The molecule has 128 valence electrons. The number of carbonyl (C=O) groups is 4. The summed E-state index contributed by atoms with van der Waals surface area (Å²) in [4.78, 5) is 47.7. The van der Waals surface area contributed by atoms with Crippen LogP contribution >= 0.6 is 0 Å². The first-order valence-electron chi connectivity index (χ1n) is 8.36. The van der Waals surface area contributed by atoms with Gasteiger partial charge in [0.15, 0.2) is 0 Å². The Morgan fingerprint density at radius 1 is 1.04 bits per heavy atom. The molecule has 3 atom stereocenters. The third-order valence-electron chi connectivity index (χ3n) is 5.82. The number of imide groups is 2. The summed E-state index contributed by atoms with van der Waals surface area (Å²) in [6.45, 7) is 6.21. The van der Waals surface area contributed by atoms with Crippen LogP contribution in [0, 0.1) is 23.2 Å². The molecule has 3 rings (SSSR count). The molecular formula is C18H22N2O4. The van der Waals surface area contributed by atoms with Crippen molar-refractivity contribution in [2.45, 2.75) is 40.0 Å². The molecule has 1 fully saturated rings. The summed E-state index contributed by atoms with van der Waals surface area (Å²) in [5.41, 5.74) is 0.226. The molecule has 1 saturated carbocycles. The molecular weight excluding hydrogens is 308 g/mol. The number of hydrogen-bond donors (Lipinski definition) is 2. The van der Waals surface area contributed by atoms with E-state index in [1.807, 2.05) is 6.92 Å². The van der Waals surface area contributed by atoms with Crippen molar-refractivity contribution in [1.82, 2.24) is 10.6 Å². The normalized spacial score (nSPS) is 33.5.